The molecule has 2 aliphatic heterocycles. The van der Waals surface area contributed by atoms with E-state index >= 15 is 4.39 Å². The van der Waals surface area contributed by atoms with E-state index < -0.39 is 108 Å². The second-order valence-corrected chi connectivity index (χ2v) is 19.3. The molecule has 0 radical (unpaired) electrons. The number of halogens is 1. The number of aromatic nitrogens is 8. The first-order chi connectivity index (χ1) is 27.8. The minimum Gasteiger partial charge on any atom is -0.437 e. The van der Waals surface area contributed by atoms with Gasteiger partial charge in [0.05, 0.1) is 42.7 Å². The second kappa shape index (κ2) is 16.3. The summed E-state index contributed by atoms with van der Waals surface area (Å²) < 4.78 is 100. The summed E-state index contributed by atoms with van der Waals surface area (Å²) in [6.07, 6.45) is -2.05. The summed E-state index contributed by atoms with van der Waals surface area (Å²) in [6, 6.07) is -1.09. The van der Waals surface area contributed by atoms with Crippen LogP contribution in [0.1, 0.15) is 66.7 Å². The molecule has 0 spiro atoms. The standard InChI is InChI=1S/C33H45FN10O13P2/c1-32(2,3)30(45)49-15-53-58(47)51-9-17-7-18(43-13-41-23-26(35)37-11-39-28(23)43)22(34)25(17)57-59(48,54-16-50-31(46)33(4,5)6)52-10-20-19(56-58)8-21(55-20)44-14-42-24-27(36)38-12-40-29(24)44/h11-14,17-22,25H,7-10,15-16H2,1-6H3,(H2,35,37,39)(H2,36,38,40)/t17?,18?,19-,20?,21-,22?,25?,58?,59?/m1/s1. The fraction of sp³-hybridized carbons (Fsp3) is 0.636. The summed E-state index contributed by atoms with van der Waals surface area (Å²) in [4.78, 5) is 50.1. The maximum atomic E-state index is 16.9. The van der Waals surface area contributed by atoms with Gasteiger partial charge < -0.3 is 30.2 Å². The zero-order valence-corrected chi connectivity index (χ0v) is 34.7. The van der Waals surface area contributed by atoms with Gasteiger partial charge in [-0.1, -0.05) is 0 Å². The lowest BCUT2D eigenvalue weighted by Crippen LogP contribution is -2.34. The first-order valence-electron chi connectivity index (χ1n) is 18.4. The topological polar surface area (TPSA) is 291 Å². The predicted molar refractivity (Wildman–Crippen MR) is 200 cm³/mol. The van der Waals surface area contributed by atoms with Crippen LogP contribution >= 0.6 is 15.6 Å². The molecule has 26 heteroatoms. The van der Waals surface area contributed by atoms with Crippen LogP contribution in [0.25, 0.3) is 22.3 Å². The lowest BCUT2D eigenvalue weighted by molar-refractivity contribution is -0.161. The molecule has 322 valence electrons. The third-order valence-electron chi connectivity index (χ3n) is 9.70. The van der Waals surface area contributed by atoms with Crippen LogP contribution in [0.3, 0.4) is 0 Å². The largest absolute Gasteiger partial charge is 0.478 e. The van der Waals surface area contributed by atoms with Crippen molar-refractivity contribution in [3.05, 3.63) is 25.3 Å². The van der Waals surface area contributed by atoms with Gasteiger partial charge in [-0.15, -0.1) is 0 Å². The summed E-state index contributed by atoms with van der Waals surface area (Å²) in [6.45, 7) is 6.69. The maximum absolute atomic E-state index is 16.9. The minimum atomic E-state index is -4.88. The number of carbonyl (C=O) groups excluding carboxylic acids is 2. The molecule has 7 unspecified atom stereocenters. The SMILES string of the molecule is CC(C)(C)C(=O)OCOP1(=O)OCC2O[C@@H](n3cnc4c(N)ncnc43)C[C@H]2OP(=O)(OCOC(=O)C(C)(C)C)OCC2CC(n3cnc4c(N)ncnc43)C(F)C2O1. The molecule has 9 atom stereocenters. The first-order valence-corrected chi connectivity index (χ1v) is 21.3. The van der Waals surface area contributed by atoms with E-state index in [4.69, 9.17) is 52.8 Å². The lowest BCUT2D eigenvalue weighted by atomic mass is 9.98. The average molecular weight is 871 g/mol. The van der Waals surface area contributed by atoms with Crippen molar-refractivity contribution in [1.82, 2.24) is 39.0 Å². The van der Waals surface area contributed by atoms with Gasteiger partial charge in [-0.05, 0) is 48.0 Å². The van der Waals surface area contributed by atoms with E-state index in [0.717, 1.165) is 0 Å². The lowest BCUT2D eigenvalue weighted by Gasteiger charge is -2.30. The Morgan fingerprint density at radius 1 is 0.763 bits per heavy atom. The molecule has 2 saturated heterocycles. The van der Waals surface area contributed by atoms with Crippen molar-refractivity contribution in [3.8, 4) is 0 Å². The van der Waals surface area contributed by atoms with Crippen molar-refractivity contribution < 1.29 is 64.5 Å². The van der Waals surface area contributed by atoms with Crippen molar-refractivity contribution in [2.24, 2.45) is 16.7 Å². The van der Waals surface area contributed by atoms with Crippen LogP contribution in [0.2, 0.25) is 0 Å². The number of phosphoric acid groups is 2. The smallest absolute Gasteiger partial charge is 0.437 e. The maximum Gasteiger partial charge on any atom is 0.478 e. The summed E-state index contributed by atoms with van der Waals surface area (Å²) in [5.41, 5.74) is 11.1. The van der Waals surface area contributed by atoms with Gasteiger partial charge in [-0.2, -0.15) is 0 Å². The molecule has 3 aliphatic rings. The number of hydrogen-bond acceptors (Lipinski definition) is 21. The average Bonchev–Trinajstić information content (AvgIpc) is 3.95. The number of imidazole rings is 2. The number of rotatable bonds is 8. The van der Waals surface area contributed by atoms with E-state index in [1.807, 2.05) is 0 Å². The van der Waals surface area contributed by atoms with Gasteiger partial charge in [0.25, 0.3) is 0 Å². The quantitative estimate of drug-likeness (QED) is 0.143. The number of hydrogen-bond donors (Lipinski definition) is 2. The predicted octanol–water partition coefficient (Wildman–Crippen LogP) is 4.18. The molecular weight excluding hydrogens is 825 g/mol. The molecule has 4 aromatic heterocycles. The Kier molecular flexibility index (Phi) is 11.9. The number of nitrogens with two attached hydrogens (primary N) is 2. The molecule has 0 amide bonds. The van der Waals surface area contributed by atoms with Crippen molar-refractivity contribution in [3.63, 3.8) is 0 Å². The van der Waals surface area contributed by atoms with Gasteiger partial charge in [0.1, 0.15) is 54.4 Å². The number of anilines is 2. The molecule has 7 rings (SSSR count). The third-order valence-corrected chi connectivity index (χ3v) is 12.5. The van der Waals surface area contributed by atoms with Crippen LogP contribution in [0.15, 0.2) is 25.3 Å². The van der Waals surface area contributed by atoms with Gasteiger partial charge in [0, 0.05) is 12.3 Å². The molecule has 59 heavy (non-hydrogen) atoms. The van der Waals surface area contributed by atoms with Crippen LogP contribution in [0, 0.1) is 16.7 Å². The molecule has 0 bridgehead atoms. The van der Waals surface area contributed by atoms with Gasteiger partial charge in [0.2, 0.25) is 13.6 Å². The normalized spacial score (nSPS) is 30.7. The zero-order valence-electron chi connectivity index (χ0n) is 32.9. The Morgan fingerprint density at radius 2 is 1.29 bits per heavy atom. The van der Waals surface area contributed by atoms with E-state index in [1.54, 1.807) is 41.5 Å². The van der Waals surface area contributed by atoms with Gasteiger partial charge in [-0.25, -0.2) is 52.5 Å². The molecule has 0 aromatic carbocycles. The fourth-order valence-corrected chi connectivity index (χ4v) is 9.14. The number of esters is 2. The van der Waals surface area contributed by atoms with E-state index in [9.17, 15) is 18.7 Å². The highest BCUT2D eigenvalue weighted by atomic mass is 31.2. The van der Waals surface area contributed by atoms with E-state index in [2.05, 4.69) is 29.9 Å². The van der Waals surface area contributed by atoms with E-state index in [1.165, 1.54) is 34.4 Å². The number of ether oxygens (including phenoxy) is 3. The van der Waals surface area contributed by atoms with E-state index in [-0.39, 0.29) is 41.2 Å². The number of phosphoric ester groups is 2. The number of nitrogens with zero attached hydrogens (tertiary/aromatic N) is 8. The molecule has 23 nitrogen and oxygen atoms in total. The highest BCUT2D eigenvalue weighted by Gasteiger charge is 2.53. The zero-order chi connectivity index (χ0) is 42.5. The van der Waals surface area contributed by atoms with Crippen molar-refractivity contribution in [2.75, 3.05) is 38.3 Å². The number of nitrogen functional groups attached to an aromatic ring is 2. The van der Waals surface area contributed by atoms with Gasteiger partial charge in [-0.3, -0.25) is 32.3 Å². The number of fused-ring (bicyclic) bond motifs is 4. The fourth-order valence-electron chi connectivity index (χ4n) is 6.54. The van der Waals surface area contributed by atoms with Crippen molar-refractivity contribution in [1.29, 1.82) is 0 Å². The monoisotopic (exact) mass is 870 g/mol. The molecule has 3 fully saturated rings. The van der Waals surface area contributed by atoms with Crippen LogP contribution in [0.4, 0.5) is 16.0 Å². The Balaban J connectivity index is 1.22. The summed E-state index contributed by atoms with van der Waals surface area (Å²) in [5, 5.41) is 0. The number of alkyl halides is 1. The van der Waals surface area contributed by atoms with Crippen LogP contribution in [-0.2, 0) is 60.1 Å². The molecule has 6 heterocycles. The Labute approximate surface area is 336 Å². The highest BCUT2D eigenvalue weighted by Crippen LogP contribution is 2.59. The van der Waals surface area contributed by atoms with Crippen LogP contribution in [0.5, 0.6) is 0 Å². The summed E-state index contributed by atoms with van der Waals surface area (Å²) >= 11 is 0. The van der Waals surface area contributed by atoms with Crippen molar-refractivity contribution in [2.45, 2.75) is 91.1 Å². The van der Waals surface area contributed by atoms with Crippen molar-refractivity contribution >= 4 is 61.5 Å². The molecule has 4 aromatic rings. The Hall–Kier alpha value is -4.25. The summed E-state index contributed by atoms with van der Waals surface area (Å²) in [5.74, 6) is -2.27. The van der Waals surface area contributed by atoms with E-state index in [0.29, 0.717) is 5.65 Å². The van der Waals surface area contributed by atoms with Crippen LogP contribution in [-0.4, -0.2) is 102 Å². The van der Waals surface area contributed by atoms with Crippen LogP contribution < -0.4 is 11.5 Å². The molecule has 4 N–H and O–H groups in total. The third kappa shape index (κ3) is 9.10. The van der Waals surface area contributed by atoms with Gasteiger partial charge in [0.15, 0.2) is 22.9 Å². The highest BCUT2D eigenvalue weighted by molar-refractivity contribution is 7.48. The van der Waals surface area contributed by atoms with Gasteiger partial charge >= 0.3 is 27.6 Å². The molecule has 1 aliphatic carbocycles. The molecule has 1 saturated carbocycles. The Morgan fingerprint density at radius 3 is 1.86 bits per heavy atom. The molecular formula is C33H45FN10O13P2. The summed E-state index contributed by atoms with van der Waals surface area (Å²) in [7, 11) is -9.63. The Bertz CT molecular complexity index is 2300. The number of carbonyl (C=O) groups is 2. The first kappa shape index (κ1) is 42.9. The second-order valence-electron chi connectivity index (χ2n) is 16.1. The minimum absolute atomic E-state index is 0.0559.